The van der Waals surface area contributed by atoms with Gasteiger partial charge < -0.3 is 10.7 Å². The molecule has 1 aliphatic carbocycles. The zero-order valence-corrected chi connectivity index (χ0v) is 9.92. The first-order valence-corrected chi connectivity index (χ1v) is 5.63. The molecule has 0 spiro atoms. The van der Waals surface area contributed by atoms with Crippen molar-refractivity contribution in [3.63, 3.8) is 0 Å². The highest BCUT2D eigenvalue weighted by Gasteiger charge is 2.56. The normalized spacial score (nSPS) is 15.9. The molecule has 1 aromatic rings. The lowest BCUT2D eigenvalue weighted by Gasteiger charge is -2.13. The number of carbonyl (C=O) groups excluding carboxylic acids is 2. The Hall–Kier alpha value is -2.04. The maximum Gasteiger partial charge on any atom is 0.238 e. The number of benzene rings is 1. The first-order valence-electron chi connectivity index (χ1n) is 5.63. The highest BCUT2D eigenvalue weighted by Crippen LogP contribution is 2.47. The molecule has 0 unspecified atom stereocenters. The molecule has 0 aromatic heterocycles. The van der Waals surface area contributed by atoms with Gasteiger partial charge in [0.15, 0.2) is 5.78 Å². The number of nitrogens with one attached hydrogen (secondary N) is 2. The molecular formula is C13H13FN2O2. The minimum atomic E-state index is -1.07. The van der Waals surface area contributed by atoms with Gasteiger partial charge in [-0.3, -0.25) is 9.59 Å². The Morgan fingerprint density at radius 3 is 2.28 bits per heavy atom. The second-order valence-electron chi connectivity index (χ2n) is 4.50. The van der Waals surface area contributed by atoms with E-state index in [0.29, 0.717) is 18.5 Å². The van der Waals surface area contributed by atoms with E-state index in [2.05, 4.69) is 5.32 Å². The molecule has 1 aromatic carbocycles. The summed E-state index contributed by atoms with van der Waals surface area (Å²) in [7, 11) is 0. The summed E-state index contributed by atoms with van der Waals surface area (Å²) in [5.74, 6) is -1.23. The van der Waals surface area contributed by atoms with E-state index in [0.717, 1.165) is 0 Å². The van der Waals surface area contributed by atoms with Crippen LogP contribution in [0.15, 0.2) is 24.3 Å². The quantitative estimate of drug-likeness (QED) is 0.633. The summed E-state index contributed by atoms with van der Waals surface area (Å²) in [6, 6.07) is 5.34. The van der Waals surface area contributed by atoms with Gasteiger partial charge >= 0.3 is 0 Å². The number of rotatable bonds is 4. The van der Waals surface area contributed by atoms with Crippen molar-refractivity contribution in [1.29, 1.82) is 5.41 Å². The van der Waals surface area contributed by atoms with E-state index in [9.17, 15) is 14.0 Å². The third-order valence-electron chi connectivity index (χ3n) is 3.06. The van der Waals surface area contributed by atoms with Crippen LogP contribution in [-0.2, 0) is 9.59 Å². The molecule has 1 amide bonds. The molecule has 0 radical (unpaired) electrons. The average molecular weight is 248 g/mol. The number of ketones is 1. The van der Waals surface area contributed by atoms with E-state index >= 15 is 0 Å². The van der Waals surface area contributed by atoms with Gasteiger partial charge in [-0.1, -0.05) is 0 Å². The Kier molecular flexibility index (Phi) is 2.98. The number of hydrogen-bond acceptors (Lipinski definition) is 3. The minimum absolute atomic E-state index is 0.109. The number of Topliss-reactive ketones (excluding diaryl/α,β-unsaturated/α-hetero) is 1. The van der Waals surface area contributed by atoms with Crippen molar-refractivity contribution in [2.75, 3.05) is 5.32 Å². The third-order valence-corrected chi connectivity index (χ3v) is 3.06. The summed E-state index contributed by atoms with van der Waals surface area (Å²) in [6.07, 6.45) is 0.935. The average Bonchev–Trinajstić information content (AvgIpc) is 3.12. The standard InChI is InChI=1S/C13H13FN2O2/c1-8(15)11(17)13(6-7-13)12(18)16-10-4-2-9(14)3-5-10/h2-5,15H,6-7H2,1H3,(H,16,18). The fourth-order valence-corrected chi connectivity index (χ4v) is 1.83. The van der Waals surface area contributed by atoms with E-state index in [1.54, 1.807) is 0 Å². The van der Waals surface area contributed by atoms with Gasteiger partial charge in [-0.25, -0.2) is 4.39 Å². The van der Waals surface area contributed by atoms with Crippen LogP contribution in [0.25, 0.3) is 0 Å². The Morgan fingerprint density at radius 2 is 1.83 bits per heavy atom. The monoisotopic (exact) mass is 248 g/mol. The molecule has 5 heteroatoms. The number of amides is 1. The summed E-state index contributed by atoms with van der Waals surface area (Å²) in [5.41, 5.74) is -0.731. The molecule has 94 valence electrons. The lowest BCUT2D eigenvalue weighted by molar-refractivity contribution is -0.129. The summed E-state index contributed by atoms with van der Waals surface area (Å²) in [6.45, 7) is 1.38. The summed E-state index contributed by atoms with van der Waals surface area (Å²) < 4.78 is 12.7. The molecule has 0 heterocycles. The van der Waals surface area contributed by atoms with Crippen LogP contribution in [0.3, 0.4) is 0 Å². The van der Waals surface area contributed by atoms with Gasteiger partial charge in [-0.15, -0.1) is 0 Å². The van der Waals surface area contributed by atoms with Gasteiger partial charge in [0, 0.05) is 5.69 Å². The Labute approximate surface area is 104 Å². The Morgan fingerprint density at radius 1 is 1.28 bits per heavy atom. The number of carbonyl (C=O) groups is 2. The Bertz CT molecular complexity index is 518. The van der Waals surface area contributed by atoms with Crippen molar-refractivity contribution in [3.05, 3.63) is 30.1 Å². The van der Waals surface area contributed by atoms with E-state index < -0.39 is 17.1 Å². The second-order valence-corrected chi connectivity index (χ2v) is 4.50. The fourth-order valence-electron chi connectivity index (χ4n) is 1.83. The van der Waals surface area contributed by atoms with Crippen molar-refractivity contribution in [2.45, 2.75) is 19.8 Å². The number of halogens is 1. The van der Waals surface area contributed by atoms with Gasteiger partial charge in [0.25, 0.3) is 0 Å². The lowest BCUT2D eigenvalue weighted by atomic mass is 9.96. The maximum absolute atomic E-state index is 12.7. The molecule has 1 fully saturated rings. The van der Waals surface area contributed by atoms with Crippen molar-refractivity contribution in [1.82, 2.24) is 0 Å². The molecule has 0 aliphatic heterocycles. The zero-order valence-electron chi connectivity index (χ0n) is 9.92. The first-order chi connectivity index (χ1) is 8.45. The summed E-state index contributed by atoms with van der Waals surface area (Å²) >= 11 is 0. The van der Waals surface area contributed by atoms with Crippen LogP contribution in [-0.4, -0.2) is 17.4 Å². The summed E-state index contributed by atoms with van der Waals surface area (Å²) in [5, 5.41) is 9.90. The Balaban J connectivity index is 2.11. The zero-order chi connectivity index (χ0) is 13.3. The van der Waals surface area contributed by atoms with Crippen molar-refractivity contribution in [3.8, 4) is 0 Å². The molecule has 1 aliphatic rings. The SMILES string of the molecule is CC(=N)C(=O)C1(C(=O)Nc2ccc(F)cc2)CC1. The van der Waals surface area contributed by atoms with Crippen LogP contribution < -0.4 is 5.32 Å². The predicted octanol–water partition coefficient (Wildman–Crippen LogP) is 2.15. The van der Waals surface area contributed by atoms with Crippen LogP contribution in [0.5, 0.6) is 0 Å². The largest absolute Gasteiger partial charge is 0.325 e. The molecule has 2 N–H and O–H groups in total. The van der Waals surface area contributed by atoms with Crippen LogP contribution >= 0.6 is 0 Å². The number of hydrogen-bond donors (Lipinski definition) is 2. The molecule has 0 saturated heterocycles. The van der Waals surface area contributed by atoms with Crippen LogP contribution in [0.4, 0.5) is 10.1 Å². The van der Waals surface area contributed by atoms with Gasteiger partial charge in [0.05, 0.1) is 5.71 Å². The molecule has 2 rings (SSSR count). The highest BCUT2D eigenvalue weighted by atomic mass is 19.1. The lowest BCUT2D eigenvalue weighted by Crippen LogP contribution is -2.34. The molecule has 0 atom stereocenters. The maximum atomic E-state index is 12.7. The molecular weight excluding hydrogens is 235 g/mol. The van der Waals surface area contributed by atoms with Gasteiger partial charge in [-0.2, -0.15) is 0 Å². The van der Waals surface area contributed by atoms with Crippen LogP contribution in [0.1, 0.15) is 19.8 Å². The second kappa shape index (κ2) is 4.33. The molecule has 18 heavy (non-hydrogen) atoms. The minimum Gasteiger partial charge on any atom is -0.325 e. The van der Waals surface area contributed by atoms with Crippen molar-refractivity contribution in [2.24, 2.45) is 5.41 Å². The van der Waals surface area contributed by atoms with Crippen molar-refractivity contribution < 1.29 is 14.0 Å². The van der Waals surface area contributed by atoms with Gasteiger partial charge in [0.2, 0.25) is 5.91 Å². The predicted molar refractivity (Wildman–Crippen MR) is 65.1 cm³/mol. The molecule has 1 saturated carbocycles. The van der Waals surface area contributed by atoms with E-state index in [-0.39, 0.29) is 11.5 Å². The molecule has 0 bridgehead atoms. The van der Waals surface area contributed by atoms with Gasteiger partial charge in [0.1, 0.15) is 11.2 Å². The van der Waals surface area contributed by atoms with Gasteiger partial charge in [-0.05, 0) is 44.0 Å². The first kappa shape index (κ1) is 12.4. The van der Waals surface area contributed by atoms with E-state index in [4.69, 9.17) is 5.41 Å². The highest BCUT2D eigenvalue weighted by molar-refractivity contribution is 6.45. The molecule has 4 nitrogen and oxygen atoms in total. The van der Waals surface area contributed by atoms with E-state index in [1.165, 1.54) is 31.2 Å². The van der Waals surface area contributed by atoms with E-state index in [1.807, 2.05) is 0 Å². The van der Waals surface area contributed by atoms with Crippen LogP contribution in [0.2, 0.25) is 0 Å². The topological polar surface area (TPSA) is 70.0 Å². The smallest absolute Gasteiger partial charge is 0.238 e. The third kappa shape index (κ3) is 2.16. The van der Waals surface area contributed by atoms with Crippen LogP contribution in [0, 0.1) is 16.6 Å². The van der Waals surface area contributed by atoms with Crippen molar-refractivity contribution >= 4 is 23.1 Å². The fraction of sp³-hybridized carbons (Fsp3) is 0.308. The number of anilines is 1. The summed E-state index contributed by atoms with van der Waals surface area (Å²) in [4.78, 5) is 23.8.